The van der Waals surface area contributed by atoms with Crippen molar-refractivity contribution in [1.82, 2.24) is 29.5 Å². The van der Waals surface area contributed by atoms with Gasteiger partial charge in [0.25, 0.3) is 5.91 Å². The van der Waals surface area contributed by atoms with Crippen LogP contribution in [0.4, 0.5) is 8.78 Å². The van der Waals surface area contributed by atoms with Crippen LogP contribution in [-0.4, -0.2) is 49.0 Å². The minimum atomic E-state index is -3.15. The van der Waals surface area contributed by atoms with E-state index in [1.54, 1.807) is 24.7 Å². The van der Waals surface area contributed by atoms with Crippen molar-refractivity contribution in [3.63, 3.8) is 0 Å². The second kappa shape index (κ2) is 8.25. The van der Waals surface area contributed by atoms with E-state index in [0.29, 0.717) is 46.8 Å². The molecule has 1 fully saturated rings. The van der Waals surface area contributed by atoms with Gasteiger partial charge in [-0.25, -0.2) is 19.5 Å². The average Bonchev–Trinajstić information content (AvgIpc) is 3.43. The maximum absolute atomic E-state index is 13.6. The molecule has 2 N–H and O–H groups in total. The fourth-order valence-corrected chi connectivity index (χ4v) is 6.02. The fourth-order valence-electron chi connectivity index (χ4n) is 6.02. The number of carbonyl (C=O) groups is 1. The molecular weight excluding hydrogens is 506 g/mol. The molecule has 4 heterocycles. The zero-order chi connectivity index (χ0) is 29.6. The van der Waals surface area contributed by atoms with E-state index >= 15 is 0 Å². The van der Waals surface area contributed by atoms with Crippen molar-refractivity contribution in [2.75, 3.05) is 6.98 Å². The largest absolute Gasteiger partial charge is 0.434 e. The van der Waals surface area contributed by atoms with Crippen molar-refractivity contribution in [2.24, 2.45) is 11.7 Å². The molecule has 3 aliphatic rings. The smallest absolute Gasteiger partial charge is 0.387 e. The number of nitriles is 1. The predicted molar refractivity (Wildman–Crippen MR) is 133 cm³/mol. The van der Waals surface area contributed by atoms with Gasteiger partial charge in [0, 0.05) is 57.9 Å². The lowest BCUT2D eigenvalue weighted by Crippen LogP contribution is -2.49. The molecule has 2 aliphatic carbocycles. The topological polar surface area (TPSA) is 135 Å². The van der Waals surface area contributed by atoms with Crippen molar-refractivity contribution in [3.8, 4) is 23.1 Å². The van der Waals surface area contributed by atoms with E-state index in [2.05, 4.69) is 21.1 Å². The van der Waals surface area contributed by atoms with Gasteiger partial charge in [0.1, 0.15) is 11.6 Å². The van der Waals surface area contributed by atoms with Crippen molar-refractivity contribution in [1.29, 1.82) is 5.26 Å². The number of carbonyl (C=O) groups excluding carboxylic acids is 1. The number of fused-ring (bicyclic) bond motifs is 9. The van der Waals surface area contributed by atoms with Crippen LogP contribution < -0.4 is 10.5 Å². The number of nitrogens with two attached hydrogens (primary N) is 1. The van der Waals surface area contributed by atoms with Gasteiger partial charge in [0.15, 0.2) is 5.65 Å². The first-order valence-electron chi connectivity index (χ1n) is 13.8. The molecule has 0 radical (unpaired) electrons. The molecule has 2 bridgehead atoms. The molecule has 7 rings (SSSR count). The van der Waals surface area contributed by atoms with Gasteiger partial charge < -0.3 is 15.4 Å². The van der Waals surface area contributed by atoms with Crippen LogP contribution in [-0.2, 0) is 5.54 Å². The van der Waals surface area contributed by atoms with Crippen LogP contribution >= 0.6 is 0 Å². The van der Waals surface area contributed by atoms with Crippen molar-refractivity contribution in [3.05, 3.63) is 71.1 Å². The number of benzene rings is 1. The molecule has 196 valence electrons. The van der Waals surface area contributed by atoms with E-state index in [0.717, 1.165) is 4.90 Å². The van der Waals surface area contributed by atoms with E-state index in [9.17, 15) is 13.6 Å². The zero-order valence-corrected chi connectivity index (χ0v) is 20.3. The van der Waals surface area contributed by atoms with Crippen molar-refractivity contribution >= 4 is 11.6 Å². The van der Waals surface area contributed by atoms with Gasteiger partial charge in [0.05, 0.1) is 35.0 Å². The van der Waals surface area contributed by atoms with E-state index in [1.165, 1.54) is 22.7 Å². The predicted octanol–water partition coefficient (Wildman–Crippen LogP) is 3.54. The molecule has 3 aromatic heterocycles. The Balaban J connectivity index is 1.36. The summed E-state index contributed by atoms with van der Waals surface area (Å²) in [5, 5.41) is 13.7. The number of alkyl halides is 2. The van der Waals surface area contributed by atoms with Crippen LogP contribution in [0.2, 0.25) is 0 Å². The van der Waals surface area contributed by atoms with Crippen LogP contribution in [0.3, 0.4) is 0 Å². The van der Waals surface area contributed by atoms with Crippen LogP contribution in [0.25, 0.3) is 16.9 Å². The van der Waals surface area contributed by atoms with Gasteiger partial charge in [-0.05, 0) is 37.5 Å². The first-order chi connectivity index (χ1) is 20.0. The number of ether oxygens (including phenoxy) is 1. The molecule has 1 saturated carbocycles. The lowest BCUT2D eigenvalue weighted by molar-refractivity contribution is -0.0505. The molecule has 39 heavy (non-hydrogen) atoms. The van der Waals surface area contributed by atoms with Crippen LogP contribution in [0, 0.1) is 17.2 Å². The molecule has 10 nitrogen and oxygen atoms in total. The molecule has 1 aliphatic heterocycles. The van der Waals surface area contributed by atoms with Gasteiger partial charge in [-0.15, -0.1) is 0 Å². The van der Waals surface area contributed by atoms with E-state index in [-0.39, 0.29) is 29.2 Å². The summed E-state index contributed by atoms with van der Waals surface area (Å²) >= 11 is 0. The summed E-state index contributed by atoms with van der Waals surface area (Å²) in [4.78, 5) is 28.0. The lowest BCUT2D eigenvalue weighted by atomic mass is 9.69. The minimum absolute atomic E-state index is 0.0211. The quantitative estimate of drug-likeness (QED) is 0.423. The highest BCUT2D eigenvalue weighted by Gasteiger charge is 2.47. The fraction of sp³-hybridized carbons (Fsp3) is 0.333. The molecule has 2 atom stereocenters. The molecule has 12 heteroatoms. The number of rotatable bonds is 4. The summed E-state index contributed by atoms with van der Waals surface area (Å²) < 4.78 is 57.6. The Labute approximate surface area is 225 Å². The van der Waals surface area contributed by atoms with E-state index in [4.69, 9.17) is 24.8 Å². The highest BCUT2D eigenvalue weighted by atomic mass is 19.3. The maximum Gasteiger partial charge on any atom is 0.387 e. The third-order valence-electron chi connectivity index (χ3n) is 7.86. The molecule has 4 aromatic rings. The Morgan fingerprint density at radius 3 is 2.77 bits per heavy atom. The first kappa shape index (κ1) is 20.5. The van der Waals surface area contributed by atoms with Gasteiger partial charge in [-0.2, -0.15) is 19.1 Å². The SMILES string of the molecule is [2H]C([2H])([2H])N1C(=O)c2cccc(OC(F)F)c2[C@H]2C[C@@H]1c1nn3ccc(-c4cnc(C5(N)CC(C#N)C5)nc4)nc3c12. The molecule has 0 unspecified atom stereocenters. The number of aromatic nitrogens is 5. The Morgan fingerprint density at radius 2 is 2.05 bits per heavy atom. The summed E-state index contributed by atoms with van der Waals surface area (Å²) in [7, 11) is 0. The standard InChI is InChI=1S/C27H22F2N8O2/c1-36-18-7-16(20-15(24(36)38)3-2-4-19(20)39-26(28)29)21-22(18)35-37-6-5-17(34-23(21)37)14-11-32-25(33-12-14)27(31)8-13(9-27)10-30/h2-6,11-13,16,18,26H,7-9,31H2,1H3/t13?,16-,18-,27?/m1/s1/i1D3. The monoisotopic (exact) mass is 531 g/mol. The maximum atomic E-state index is 13.6. The van der Waals surface area contributed by atoms with Crippen molar-refractivity contribution < 1.29 is 22.4 Å². The van der Waals surface area contributed by atoms with Crippen LogP contribution in [0.15, 0.2) is 42.9 Å². The van der Waals surface area contributed by atoms with E-state index < -0.39 is 37.0 Å². The highest BCUT2D eigenvalue weighted by Crippen LogP contribution is 2.53. The summed E-state index contributed by atoms with van der Waals surface area (Å²) in [6.45, 7) is -5.98. The van der Waals surface area contributed by atoms with Gasteiger partial charge in [-0.3, -0.25) is 4.79 Å². The minimum Gasteiger partial charge on any atom is -0.434 e. The van der Waals surface area contributed by atoms with Crippen LogP contribution in [0.1, 0.15) is 68.3 Å². The highest BCUT2D eigenvalue weighted by molar-refractivity contribution is 5.98. The number of nitrogens with zero attached hydrogens (tertiary/aromatic N) is 7. The lowest BCUT2D eigenvalue weighted by Gasteiger charge is -2.40. The summed E-state index contributed by atoms with van der Waals surface area (Å²) in [6.07, 6.45) is 5.90. The Bertz CT molecular complexity index is 1800. The first-order valence-corrected chi connectivity index (χ1v) is 12.3. The summed E-state index contributed by atoms with van der Waals surface area (Å²) in [5.41, 5.74) is 8.09. The number of hydrogen-bond donors (Lipinski definition) is 1. The molecular formula is C27H22F2N8O2. The third-order valence-corrected chi connectivity index (χ3v) is 7.86. The Morgan fingerprint density at radius 1 is 1.26 bits per heavy atom. The van der Waals surface area contributed by atoms with Gasteiger partial charge >= 0.3 is 6.61 Å². The summed E-state index contributed by atoms with van der Waals surface area (Å²) in [6, 6.07) is 7.10. The Kier molecular flexibility index (Phi) is 4.33. The number of halogens is 2. The third kappa shape index (κ3) is 3.43. The van der Waals surface area contributed by atoms with Crippen molar-refractivity contribution in [2.45, 2.75) is 43.4 Å². The molecule has 1 aromatic carbocycles. The zero-order valence-electron chi connectivity index (χ0n) is 23.3. The average molecular weight is 532 g/mol. The Hall–Kier alpha value is -4.50. The second-order valence-corrected chi connectivity index (χ2v) is 10.1. The second-order valence-electron chi connectivity index (χ2n) is 10.1. The van der Waals surface area contributed by atoms with E-state index in [1.807, 2.05) is 0 Å². The molecule has 1 amide bonds. The molecule has 0 spiro atoms. The number of hydrogen-bond acceptors (Lipinski definition) is 8. The van der Waals surface area contributed by atoms with Crippen LogP contribution in [0.5, 0.6) is 5.75 Å². The molecule has 0 saturated heterocycles. The van der Waals surface area contributed by atoms with Gasteiger partial charge in [-0.1, -0.05) is 6.07 Å². The normalized spacial score (nSPS) is 26.6. The number of amides is 1. The van der Waals surface area contributed by atoms with Gasteiger partial charge in [0.2, 0.25) is 0 Å². The summed E-state index contributed by atoms with van der Waals surface area (Å²) in [5.74, 6) is -1.38.